The molecule has 0 fully saturated rings. The van der Waals surface area contributed by atoms with Crippen LogP contribution in [0.1, 0.15) is 18.1 Å². The number of amides is 1. The average molecular weight is 246 g/mol. The van der Waals surface area contributed by atoms with Gasteiger partial charge >= 0.3 is 0 Å². The van der Waals surface area contributed by atoms with Crippen LogP contribution in [0.2, 0.25) is 0 Å². The number of methoxy groups -OCH3 is 1. The quantitative estimate of drug-likeness (QED) is 0.790. The standard InChI is InChI=1S/C14H18N2O2/c1-10-7-12(5-4-6-15)9-13(8-10)16-14(17)11(2)18-3/h7-9,11H,6,15H2,1-3H3,(H,16,17). The van der Waals surface area contributed by atoms with E-state index in [2.05, 4.69) is 17.2 Å². The molecule has 1 rings (SSSR count). The number of aryl methyl sites for hydroxylation is 1. The van der Waals surface area contributed by atoms with E-state index >= 15 is 0 Å². The van der Waals surface area contributed by atoms with Crippen molar-refractivity contribution in [3.8, 4) is 11.8 Å². The fourth-order valence-electron chi connectivity index (χ4n) is 1.43. The van der Waals surface area contributed by atoms with Crippen molar-refractivity contribution in [1.29, 1.82) is 0 Å². The average Bonchev–Trinajstić information content (AvgIpc) is 2.34. The van der Waals surface area contributed by atoms with Gasteiger partial charge in [0.2, 0.25) is 0 Å². The van der Waals surface area contributed by atoms with E-state index in [4.69, 9.17) is 10.5 Å². The summed E-state index contributed by atoms with van der Waals surface area (Å²) >= 11 is 0. The van der Waals surface area contributed by atoms with Gasteiger partial charge in [0.15, 0.2) is 0 Å². The molecule has 0 saturated carbocycles. The van der Waals surface area contributed by atoms with Crippen molar-refractivity contribution < 1.29 is 9.53 Å². The number of carbonyl (C=O) groups excluding carboxylic acids is 1. The van der Waals surface area contributed by atoms with Crippen LogP contribution in [0.15, 0.2) is 18.2 Å². The highest BCUT2D eigenvalue weighted by molar-refractivity contribution is 5.94. The Hall–Kier alpha value is -1.83. The fourth-order valence-corrected chi connectivity index (χ4v) is 1.43. The summed E-state index contributed by atoms with van der Waals surface area (Å²) in [4.78, 5) is 11.7. The second kappa shape index (κ2) is 6.80. The minimum atomic E-state index is -0.482. The van der Waals surface area contributed by atoms with Gasteiger partial charge in [-0.25, -0.2) is 0 Å². The van der Waals surface area contributed by atoms with Gasteiger partial charge in [0.1, 0.15) is 6.10 Å². The second-order valence-electron chi connectivity index (χ2n) is 3.96. The monoisotopic (exact) mass is 246 g/mol. The Labute approximate surface area is 108 Å². The van der Waals surface area contributed by atoms with Crippen molar-refractivity contribution in [3.63, 3.8) is 0 Å². The van der Waals surface area contributed by atoms with Crippen LogP contribution in [0.5, 0.6) is 0 Å². The molecule has 1 unspecified atom stereocenters. The van der Waals surface area contributed by atoms with Crippen molar-refractivity contribution in [1.82, 2.24) is 0 Å². The van der Waals surface area contributed by atoms with Gasteiger partial charge < -0.3 is 15.8 Å². The third-order valence-corrected chi connectivity index (χ3v) is 2.40. The van der Waals surface area contributed by atoms with Crippen molar-refractivity contribution in [3.05, 3.63) is 29.3 Å². The first-order chi connectivity index (χ1) is 8.56. The molecule has 1 atom stereocenters. The van der Waals surface area contributed by atoms with Crippen molar-refractivity contribution in [2.45, 2.75) is 20.0 Å². The van der Waals surface area contributed by atoms with Gasteiger partial charge in [-0.2, -0.15) is 0 Å². The lowest BCUT2D eigenvalue weighted by atomic mass is 10.1. The number of rotatable bonds is 3. The lowest BCUT2D eigenvalue weighted by Gasteiger charge is -2.11. The molecule has 0 heterocycles. The molecule has 0 aliphatic heterocycles. The van der Waals surface area contributed by atoms with Crippen LogP contribution < -0.4 is 11.1 Å². The molecule has 18 heavy (non-hydrogen) atoms. The zero-order valence-electron chi connectivity index (χ0n) is 10.9. The van der Waals surface area contributed by atoms with Crippen molar-refractivity contribution in [2.24, 2.45) is 5.73 Å². The molecule has 0 radical (unpaired) electrons. The van der Waals surface area contributed by atoms with E-state index < -0.39 is 6.10 Å². The van der Waals surface area contributed by atoms with Gasteiger partial charge in [-0.15, -0.1) is 0 Å². The normalized spacial score (nSPS) is 11.3. The van der Waals surface area contributed by atoms with Crippen LogP contribution in [0, 0.1) is 18.8 Å². The van der Waals surface area contributed by atoms with Gasteiger partial charge in [-0.05, 0) is 37.6 Å². The summed E-state index contributed by atoms with van der Waals surface area (Å²) in [5, 5.41) is 2.79. The van der Waals surface area contributed by atoms with E-state index in [0.29, 0.717) is 12.2 Å². The first-order valence-corrected chi connectivity index (χ1v) is 5.71. The van der Waals surface area contributed by atoms with Crippen LogP contribution in [-0.4, -0.2) is 25.7 Å². The van der Waals surface area contributed by atoms with Gasteiger partial charge in [0.05, 0.1) is 6.54 Å². The molecule has 1 aromatic carbocycles. The smallest absolute Gasteiger partial charge is 0.253 e. The largest absolute Gasteiger partial charge is 0.372 e. The number of nitrogens with two attached hydrogens (primary N) is 1. The number of ether oxygens (including phenoxy) is 1. The number of hydrogen-bond donors (Lipinski definition) is 2. The molecule has 4 nitrogen and oxygen atoms in total. The number of benzene rings is 1. The van der Waals surface area contributed by atoms with E-state index in [1.807, 2.05) is 25.1 Å². The second-order valence-corrected chi connectivity index (χ2v) is 3.96. The van der Waals surface area contributed by atoms with Crippen molar-refractivity contribution >= 4 is 11.6 Å². The van der Waals surface area contributed by atoms with E-state index in [1.165, 1.54) is 7.11 Å². The summed E-state index contributed by atoms with van der Waals surface area (Å²) in [7, 11) is 1.50. The molecule has 1 amide bonds. The molecular formula is C14H18N2O2. The molecule has 0 aromatic heterocycles. The molecule has 96 valence electrons. The molecule has 4 heteroatoms. The van der Waals surface area contributed by atoms with Gasteiger partial charge in [0, 0.05) is 18.4 Å². The minimum absolute atomic E-state index is 0.180. The minimum Gasteiger partial charge on any atom is -0.372 e. The van der Waals surface area contributed by atoms with E-state index in [1.54, 1.807) is 6.92 Å². The third-order valence-electron chi connectivity index (χ3n) is 2.40. The fraction of sp³-hybridized carbons (Fsp3) is 0.357. The Balaban J connectivity index is 2.89. The predicted octanol–water partition coefficient (Wildman–Crippen LogP) is 1.28. The summed E-state index contributed by atoms with van der Waals surface area (Å²) < 4.78 is 4.95. The zero-order valence-corrected chi connectivity index (χ0v) is 10.9. The molecule has 0 spiro atoms. The zero-order chi connectivity index (χ0) is 13.5. The molecule has 0 aliphatic rings. The Morgan fingerprint density at radius 2 is 2.22 bits per heavy atom. The predicted molar refractivity (Wildman–Crippen MR) is 72.2 cm³/mol. The van der Waals surface area contributed by atoms with Crippen LogP contribution in [-0.2, 0) is 9.53 Å². The molecule has 0 saturated heterocycles. The van der Waals surface area contributed by atoms with E-state index in [0.717, 1.165) is 11.1 Å². The number of anilines is 1. The summed E-state index contributed by atoms with van der Waals surface area (Å²) in [6.07, 6.45) is -0.482. The van der Waals surface area contributed by atoms with Crippen LogP contribution in [0.25, 0.3) is 0 Å². The van der Waals surface area contributed by atoms with Crippen LogP contribution in [0.3, 0.4) is 0 Å². The maximum Gasteiger partial charge on any atom is 0.253 e. The first-order valence-electron chi connectivity index (χ1n) is 5.71. The van der Waals surface area contributed by atoms with Crippen LogP contribution >= 0.6 is 0 Å². The molecule has 0 aliphatic carbocycles. The van der Waals surface area contributed by atoms with Gasteiger partial charge in [-0.1, -0.05) is 11.8 Å². The molecule has 3 N–H and O–H groups in total. The summed E-state index contributed by atoms with van der Waals surface area (Å²) in [6, 6.07) is 5.64. The maximum atomic E-state index is 11.7. The summed E-state index contributed by atoms with van der Waals surface area (Å²) in [6.45, 7) is 3.96. The highest BCUT2D eigenvalue weighted by Crippen LogP contribution is 2.14. The van der Waals surface area contributed by atoms with E-state index in [9.17, 15) is 4.79 Å². The van der Waals surface area contributed by atoms with E-state index in [-0.39, 0.29) is 5.91 Å². The SMILES string of the molecule is COC(C)C(=O)Nc1cc(C)cc(C#CCN)c1. The number of hydrogen-bond acceptors (Lipinski definition) is 3. The Morgan fingerprint density at radius 3 is 2.83 bits per heavy atom. The highest BCUT2D eigenvalue weighted by Gasteiger charge is 2.11. The Bertz CT molecular complexity index is 486. The number of nitrogens with one attached hydrogen (secondary N) is 1. The first kappa shape index (κ1) is 14.2. The Morgan fingerprint density at radius 1 is 1.50 bits per heavy atom. The lowest BCUT2D eigenvalue weighted by Crippen LogP contribution is -2.26. The summed E-state index contributed by atoms with van der Waals surface area (Å²) in [5.41, 5.74) is 7.91. The maximum absolute atomic E-state index is 11.7. The molecule has 1 aromatic rings. The van der Waals surface area contributed by atoms with Crippen molar-refractivity contribution in [2.75, 3.05) is 19.0 Å². The summed E-state index contributed by atoms with van der Waals surface area (Å²) in [5.74, 6) is 5.55. The molecule has 0 bridgehead atoms. The lowest BCUT2D eigenvalue weighted by molar-refractivity contribution is -0.124. The third kappa shape index (κ3) is 4.21. The van der Waals surface area contributed by atoms with Crippen LogP contribution in [0.4, 0.5) is 5.69 Å². The Kier molecular flexibility index (Phi) is 5.37. The number of carbonyl (C=O) groups is 1. The topological polar surface area (TPSA) is 64.3 Å². The van der Waals surface area contributed by atoms with Gasteiger partial charge in [-0.3, -0.25) is 4.79 Å². The molecular weight excluding hydrogens is 228 g/mol. The van der Waals surface area contributed by atoms with Gasteiger partial charge in [0.25, 0.3) is 5.91 Å². The highest BCUT2D eigenvalue weighted by atomic mass is 16.5.